The van der Waals surface area contributed by atoms with Crippen molar-refractivity contribution in [1.82, 2.24) is 4.90 Å². The van der Waals surface area contributed by atoms with E-state index in [-0.39, 0.29) is 6.04 Å². The molecule has 1 aromatic carbocycles. The van der Waals surface area contributed by atoms with Gasteiger partial charge in [-0.05, 0) is 47.7 Å². The zero-order chi connectivity index (χ0) is 13.7. The Hall–Kier alpha value is -1.33. The van der Waals surface area contributed by atoms with Gasteiger partial charge in [0.1, 0.15) is 5.75 Å². The van der Waals surface area contributed by atoms with Gasteiger partial charge in [0.15, 0.2) is 0 Å². The van der Waals surface area contributed by atoms with Gasteiger partial charge in [0.25, 0.3) is 0 Å². The van der Waals surface area contributed by atoms with E-state index in [2.05, 4.69) is 15.9 Å². The number of carboxylic acid groups (broad SMARTS) is 1. The fourth-order valence-corrected chi connectivity index (χ4v) is 2.18. The molecular formula is C13H16BrNO3. The first kappa shape index (κ1) is 14.7. The molecule has 0 aliphatic carbocycles. The smallest absolute Gasteiger partial charge is 0.328 e. The van der Waals surface area contributed by atoms with Gasteiger partial charge in [-0.1, -0.05) is 12.1 Å². The van der Waals surface area contributed by atoms with Gasteiger partial charge in [0.05, 0.1) is 17.6 Å². The summed E-state index contributed by atoms with van der Waals surface area (Å²) < 4.78 is 6.01. The van der Waals surface area contributed by atoms with Crippen molar-refractivity contribution in [2.75, 3.05) is 21.2 Å². The summed E-state index contributed by atoms with van der Waals surface area (Å²) in [6.45, 7) is 0. The lowest BCUT2D eigenvalue weighted by molar-refractivity contribution is -0.131. The van der Waals surface area contributed by atoms with Crippen LogP contribution in [0.5, 0.6) is 5.75 Å². The fraction of sp³-hybridized carbons (Fsp3) is 0.308. The maximum absolute atomic E-state index is 10.6. The summed E-state index contributed by atoms with van der Waals surface area (Å²) in [5, 5.41) is 8.69. The number of carbonyl (C=O) groups is 1. The molecule has 0 aliphatic rings. The normalized spacial score (nSPS) is 12.9. The van der Waals surface area contributed by atoms with Gasteiger partial charge < -0.3 is 9.84 Å². The minimum atomic E-state index is -0.950. The number of nitrogens with zero attached hydrogens (tertiary/aromatic N) is 1. The fourth-order valence-electron chi connectivity index (χ4n) is 1.62. The van der Waals surface area contributed by atoms with Crippen molar-refractivity contribution in [3.05, 3.63) is 40.4 Å². The molecule has 0 amide bonds. The summed E-state index contributed by atoms with van der Waals surface area (Å²) in [4.78, 5) is 12.5. The van der Waals surface area contributed by atoms with Crippen LogP contribution in [0.25, 0.3) is 0 Å². The molecule has 5 heteroatoms. The average Bonchev–Trinajstić information content (AvgIpc) is 2.28. The molecule has 0 saturated carbocycles. The Morgan fingerprint density at radius 1 is 1.50 bits per heavy atom. The van der Waals surface area contributed by atoms with E-state index in [4.69, 9.17) is 9.84 Å². The minimum absolute atomic E-state index is 0.0942. The van der Waals surface area contributed by atoms with Gasteiger partial charge in [-0.25, -0.2) is 4.79 Å². The summed E-state index contributed by atoms with van der Waals surface area (Å²) in [7, 11) is 5.40. The van der Waals surface area contributed by atoms with Crippen molar-refractivity contribution in [3.63, 3.8) is 0 Å². The molecule has 1 aromatic rings. The number of ether oxygens (including phenoxy) is 1. The number of aliphatic carboxylic acids is 1. The molecule has 98 valence electrons. The van der Waals surface area contributed by atoms with Crippen LogP contribution in [-0.4, -0.2) is 37.2 Å². The predicted octanol–water partition coefficient (Wildman–Crippen LogP) is 2.70. The lowest BCUT2D eigenvalue weighted by Crippen LogP contribution is -2.18. The van der Waals surface area contributed by atoms with Crippen molar-refractivity contribution in [2.24, 2.45) is 0 Å². The van der Waals surface area contributed by atoms with Crippen LogP contribution in [0.2, 0.25) is 0 Å². The molecule has 0 bridgehead atoms. The highest BCUT2D eigenvalue weighted by Crippen LogP contribution is 2.30. The zero-order valence-corrected chi connectivity index (χ0v) is 12.1. The first-order valence-corrected chi connectivity index (χ1v) is 6.16. The third-order valence-corrected chi connectivity index (χ3v) is 3.11. The van der Waals surface area contributed by atoms with Crippen LogP contribution in [0.4, 0.5) is 0 Å². The highest BCUT2D eigenvalue weighted by molar-refractivity contribution is 9.10. The molecule has 1 N–H and O–H groups in total. The van der Waals surface area contributed by atoms with E-state index in [1.54, 1.807) is 13.2 Å². The van der Waals surface area contributed by atoms with E-state index >= 15 is 0 Å². The number of hydrogen-bond donors (Lipinski definition) is 1. The standard InChI is InChI=1S/C13H16BrNO3/c1-15(2)11(5-7-13(16)17)9-4-6-12(18-3)10(14)8-9/h4-8,11H,1-3H3,(H,16,17)/b7-5+. The van der Waals surface area contributed by atoms with Crippen LogP contribution in [-0.2, 0) is 4.79 Å². The van der Waals surface area contributed by atoms with Crippen LogP contribution in [0.1, 0.15) is 11.6 Å². The van der Waals surface area contributed by atoms with E-state index in [1.807, 2.05) is 37.2 Å². The van der Waals surface area contributed by atoms with Crippen LogP contribution in [0.3, 0.4) is 0 Å². The lowest BCUT2D eigenvalue weighted by Gasteiger charge is -2.22. The molecule has 0 aromatic heterocycles. The maximum atomic E-state index is 10.6. The van der Waals surface area contributed by atoms with Crippen LogP contribution >= 0.6 is 15.9 Å². The Kier molecular flexibility index (Phi) is 5.37. The van der Waals surface area contributed by atoms with Gasteiger partial charge in [-0.3, -0.25) is 4.90 Å². The van der Waals surface area contributed by atoms with Gasteiger partial charge in [0.2, 0.25) is 0 Å². The zero-order valence-electron chi connectivity index (χ0n) is 10.6. The maximum Gasteiger partial charge on any atom is 0.328 e. The highest BCUT2D eigenvalue weighted by Gasteiger charge is 2.13. The van der Waals surface area contributed by atoms with Crippen LogP contribution in [0.15, 0.2) is 34.8 Å². The Balaban J connectivity index is 3.06. The Morgan fingerprint density at radius 2 is 2.17 bits per heavy atom. The Bertz CT molecular complexity index is 458. The molecule has 1 rings (SSSR count). The molecule has 0 saturated heterocycles. The van der Waals surface area contributed by atoms with Crippen LogP contribution in [0, 0.1) is 0 Å². The lowest BCUT2D eigenvalue weighted by atomic mass is 10.1. The van der Waals surface area contributed by atoms with Crippen molar-refractivity contribution in [1.29, 1.82) is 0 Å². The molecule has 1 unspecified atom stereocenters. The highest BCUT2D eigenvalue weighted by atomic mass is 79.9. The molecule has 1 atom stereocenters. The Morgan fingerprint density at radius 3 is 2.61 bits per heavy atom. The van der Waals surface area contributed by atoms with Gasteiger partial charge in [-0.2, -0.15) is 0 Å². The first-order valence-electron chi connectivity index (χ1n) is 5.36. The molecule has 0 heterocycles. The minimum Gasteiger partial charge on any atom is -0.496 e. The topological polar surface area (TPSA) is 49.8 Å². The van der Waals surface area contributed by atoms with Gasteiger partial charge in [0, 0.05) is 6.08 Å². The van der Waals surface area contributed by atoms with Crippen molar-refractivity contribution < 1.29 is 14.6 Å². The molecule has 0 fully saturated rings. The Labute approximate surface area is 115 Å². The number of carboxylic acids is 1. The molecule has 0 aliphatic heterocycles. The predicted molar refractivity (Wildman–Crippen MR) is 73.9 cm³/mol. The van der Waals surface area contributed by atoms with Crippen molar-refractivity contribution >= 4 is 21.9 Å². The van der Waals surface area contributed by atoms with Crippen LogP contribution < -0.4 is 4.74 Å². The van der Waals surface area contributed by atoms with E-state index in [0.29, 0.717) is 0 Å². The summed E-state index contributed by atoms with van der Waals surface area (Å²) in [6.07, 6.45) is 2.80. The number of benzene rings is 1. The number of methoxy groups -OCH3 is 1. The van der Waals surface area contributed by atoms with E-state index < -0.39 is 5.97 Å². The average molecular weight is 314 g/mol. The third kappa shape index (κ3) is 3.85. The van der Waals surface area contributed by atoms with E-state index in [0.717, 1.165) is 21.9 Å². The van der Waals surface area contributed by atoms with Gasteiger partial charge in [-0.15, -0.1) is 0 Å². The summed E-state index contributed by atoms with van der Waals surface area (Å²) in [5.41, 5.74) is 0.991. The number of halogens is 1. The summed E-state index contributed by atoms with van der Waals surface area (Å²) in [5.74, 6) is -0.201. The van der Waals surface area contributed by atoms with Crippen molar-refractivity contribution in [2.45, 2.75) is 6.04 Å². The molecular weight excluding hydrogens is 298 g/mol. The molecule has 4 nitrogen and oxygen atoms in total. The third-order valence-electron chi connectivity index (χ3n) is 2.49. The molecule has 0 radical (unpaired) electrons. The van der Waals surface area contributed by atoms with E-state index in [1.165, 1.54) is 0 Å². The number of hydrogen-bond acceptors (Lipinski definition) is 3. The SMILES string of the molecule is COc1ccc(C(/C=C/C(=O)O)N(C)C)cc1Br. The monoisotopic (exact) mass is 313 g/mol. The van der Waals surface area contributed by atoms with Gasteiger partial charge >= 0.3 is 5.97 Å². The summed E-state index contributed by atoms with van der Waals surface area (Å²) >= 11 is 3.42. The van der Waals surface area contributed by atoms with Crippen molar-refractivity contribution in [3.8, 4) is 5.75 Å². The second kappa shape index (κ2) is 6.56. The van der Waals surface area contributed by atoms with E-state index in [9.17, 15) is 4.79 Å². The quantitative estimate of drug-likeness (QED) is 0.849. The second-order valence-corrected chi connectivity index (χ2v) is 4.85. The second-order valence-electron chi connectivity index (χ2n) is 4.00. The first-order chi connectivity index (χ1) is 8.45. The number of likely N-dealkylation sites (N-methyl/N-ethyl adjacent to an activating group) is 1. The largest absolute Gasteiger partial charge is 0.496 e. The molecule has 0 spiro atoms. The number of rotatable bonds is 5. The molecule has 18 heavy (non-hydrogen) atoms. The summed E-state index contributed by atoms with van der Waals surface area (Å²) in [6, 6.07) is 5.60.